The van der Waals surface area contributed by atoms with E-state index in [1.165, 1.54) is 36.5 Å². The van der Waals surface area contributed by atoms with Gasteiger partial charge in [0.05, 0.1) is 5.69 Å². The third-order valence-electron chi connectivity index (χ3n) is 2.75. The van der Waals surface area contributed by atoms with Crippen molar-refractivity contribution >= 4 is 0 Å². The Kier molecular flexibility index (Phi) is 2.36. The number of aromatic nitrogens is 2. The van der Waals surface area contributed by atoms with Gasteiger partial charge in [0.1, 0.15) is 0 Å². The fraction of sp³-hybridized carbons (Fsp3) is 0.700. The number of aromatic amines is 1. The molecule has 0 spiro atoms. The van der Waals surface area contributed by atoms with Gasteiger partial charge in [-0.05, 0) is 19.9 Å². The van der Waals surface area contributed by atoms with Crippen LogP contribution in [0.5, 0.6) is 0 Å². The normalized spacial score (nSPS) is 17.4. The molecule has 0 amide bonds. The highest BCUT2D eigenvalue weighted by atomic mass is 15.2. The lowest BCUT2D eigenvalue weighted by Gasteiger charge is -2.25. The standard InChI is InChI=1S/C10H17N3/c1-3-5-13-6-4-10-9(7-13)8(2)11-12-10/h3-7H2,1-2H3,(H,11,12). The smallest absolute Gasteiger partial charge is 0.0682 e. The third kappa shape index (κ3) is 1.61. The maximum atomic E-state index is 4.30. The van der Waals surface area contributed by atoms with Crippen LogP contribution in [-0.2, 0) is 13.0 Å². The molecule has 0 unspecified atom stereocenters. The summed E-state index contributed by atoms with van der Waals surface area (Å²) in [5.74, 6) is 0. The number of nitrogens with one attached hydrogen (secondary N) is 1. The van der Waals surface area contributed by atoms with E-state index in [1.54, 1.807) is 0 Å². The summed E-state index contributed by atoms with van der Waals surface area (Å²) in [5, 5.41) is 7.36. The fourth-order valence-electron chi connectivity index (χ4n) is 1.99. The molecule has 3 heteroatoms. The Morgan fingerprint density at radius 2 is 2.38 bits per heavy atom. The van der Waals surface area contributed by atoms with Crippen molar-refractivity contribution in [3.8, 4) is 0 Å². The van der Waals surface area contributed by atoms with Crippen molar-refractivity contribution < 1.29 is 0 Å². The summed E-state index contributed by atoms with van der Waals surface area (Å²) in [7, 11) is 0. The molecule has 2 heterocycles. The van der Waals surface area contributed by atoms with Gasteiger partial charge in [-0.2, -0.15) is 5.10 Å². The number of H-pyrrole nitrogens is 1. The van der Waals surface area contributed by atoms with E-state index in [1.807, 2.05) is 0 Å². The van der Waals surface area contributed by atoms with Crippen LogP contribution in [0, 0.1) is 6.92 Å². The molecule has 1 aliphatic rings. The van der Waals surface area contributed by atoms with Crippen LogP contribution in [0.15, 0.2) is 0 Å². The van der Waals surface area contributed by atoms with E-state index >= 15 is 0 Å². The molecule has 3 nitrogen and oxygen atoms in total. The molecular formula is C10H17N3. The minimum atomic E-state index is 1.09. The van der Waals surface area contributed by atoms with E-state index in [0.29, 0.717) is 0 Å². The maximum absolute atomic E-state index is 4.30. The van der Waals surface area contributed by atoms with Gasteiger partial charge in [0.25, 0.3) is 0 Å². The molecule has 1 aromatic rings. The zero-order chi connectivity index (χ0) is 9.26. The molecule has 0 radical (unpaired) electrons. The molecule has 0 fully saturated rings. The predicted molar refractivity (Wildman–Crippen MR) is 52.6 cm³/mol. The summed E-state index contributed by atoms with van der Waals surface area (Å²) in [6, 6.07) is 0. The first-order valence-corrected chi connectivity index (χ1v) is 5.06. The van der Waals surface area contributed by atoms with Crippen LogP contribution in [0.25, 0.3) is 0 Å². The zero-order valence-electron chi connectivity index (χ0n) is 8.43. The predicted octanol–water partition coefficient (Wildman–Crippen LogP) is 1.49. The van der Waals surface area contributed by atoms with Crippen molar-refractivity contribution in [2.75, 3.05) is 13.1 Å². The molecule has 0 saturated carbocycles. The molecule has 1 aliphatic heterocycles. The molecular weight excluding hydrogens is 162 g/mol. The Bertz CT molecular complexity index is 290. The van der Waals surface area contributed by atoms with E-state index in [0.717, 1.165) is 13.0 Å². The number of rotatable bonds is 2. The Morgan fingerprint density at radius 1 is 1.54 bits per heavy atom. The van der Waals surface area contributed by atoms with Gasteiger partial charge in [0.15, 0.2) is 0 Å². The molecule has 0 atom stereocenters. The average molecular weight is 179 g/mol. The quantitative estimate of drug-likeness (QED) is 0.746. The SMILES string of the molecule is CCCN1CCc2n[nH]c(C)c2C1. The van der Waals surface area contributed by atoms with Crippen LogP contribution in [0.3, 0.4) is 0 Å². The van der Waals surface area contributed by atoms with Gasteiger partial charge < -0.3 is 0 Å². The largest absolute Gasteiger partial charge is 0.299 e. The molecule has 13 heavy (non-hydrogen) atoms. The second-order valence-corrected chi connectivity index (χ2v) is 3.80. The van der Waals surface area contributed by atoms with Crippen molar-refractivity contribution in [2.45, 2.75) is 33.2 Å². The van der Waals surface area contributed by atoms with E-state index < -0.39 is 0 Å². The summed E-state index contributed by atoms with van der Waals surface area (Å²) in [6.45, 7) is 7.82. The van der Waals surface area contributed by atoms with Crippen molar-refractivity contribution in [3.05, 3.63) is 17.0 Å². The lowest BCUT2D eigenvalue weighted by Crippen LogP contribution is -2.31. The molecule has 0 aromatic carbocycles. The molecule has 2 rings (SSSR count). The van der Waals surface area contributed by atoms with Gasteiger partial charge >= 0.3 is 0 Å². The van der Waals surface area contributed by atoms with Crippen molar-refractivity contribution in [1.29, 1.82) is 0 Å². The molecule has 1 N–H and O–H groups in total. The van der Waals surface area contributed by atoms with Crippen LogP contribution < -0.4 is 0 Å². The third-order valence-corrected chi connectivity index (χ3v) is 2.75. The maximum Gasteiger partial charge on any atom is 0.0682 e. The summed E-state index contributed by atoms with van der Waals surface area (Å²) in [6.07, 6.45) is 2.35. The Hall–Kier alpha value is -0.830. The Balaban J connectivity index is 2.13. The summed E-state index contributed by atoms with van der Waals surface area (Å²) < 4.78 is 0. The molecule has 0 saturated heterocycles. The topological polar surface area (TPSA) is 31.9 Å². The van der Waals surface area contributed by atoms with Gasteiger partial charge in [0, 0.05) is 30.8 Å². The van der Waals surface area contributed by atoms with Gasteiger partial charge in [-0.15, -0.1) is 0 Å². The minimum absolute atomic E-state index is 1.09. The average Bonchev–Trinajstić information content (AvgIpc) is 2.49. The second-order valence-electron chi connectivity index (χ2n) is 3.80. The van der Waals surface area contributed by atoms with Crippen LogP contribution >= 0.6 is 0 Å². The Morgan fingerprint density at radius 3 is 3.15 bits per heavy atom. The van der Waals surface area contributed by atoms with Crippen LogP contribution in [0.2, 0.25) is 0 Å². The van der Waals surface area contributed by atoms with Crippen LogP contribution in [0.1, 0.15) is 30.3 Å². The molecule has 0 bridgehead atoms. The molecule has 0 aliphatic carbocycles. The van der Waals surface area contributed by atoms with E-state index in [9.17, 15) is 0 Å². The lowest BCUT2D eigenvalue weighted by molar-refractivity contribution is 0.253. The second kappa shape index (κ2) is 3.50. The summed E-state index contributed by atoms with van der Waals surface area (Å²) in [5.41, 5.74) is 3.96. The van der Waals surface area contributed by atoms with Crippen LogP contribution in [-0.4, -0.2) is 28.2 Å². The highest BCUT2D eigenvalue weighted by Crippen LogP contribution is 2.19. The summed E-state index contributed by atoms with van der Waals surface area (Å²) >= 11 is 0. The summed E-state index contributed by atoms with van der Waals surface area (Å²) in [4.78, 5) is 2.50. The number of nitrogens with zero attached hydrogens (tertiary/aromatic N) is 2. The van der Waals surface area contributed by atoms with E-state index in [4.69, 9.17) is 0 Å². The minimum Gasteiger partial charge on any atom is -0.299 e. The Labute approximate surface area is 79.1 Å². The van der Waals surface area contributed by atoms with Gasteiger partial charge in [-0.3, -0.25) is 10.00 Å². The van der Waals surface area contributed by atoms with Crippen molar-refractivity contribution in [3.63, 3.8) is 0 Å². The first kappa shape index (κ1) is 8.75. The lowest BCUT2D eigenvalue weighted by atomic mass is 10.1. The van der Waals surface area contributed by atoms with Crippen molar-refractivity contribution in [1.82, 2.24) is 15.1 Å². The first-order chi connectivity index (χ1) is 6.31. The number of hydrogen-bond acceptors (Lipinski definition) is 2. The van der Waals surface area contributed by atoms with Crippen molar-refractivity contribution in [2.24, 2.45) is 0 Å². The highest BCUT2D eigenvalue weighted by Gasteiger charge is 2.19. The van der Waals surface area contributed by atoms with E-state index in [-0.39, 0.29) is 0 Å². The number of aryl methyl sites for hydroxylation is 1. The number of fused-ring (bicyclic) bond motifs is 1. The van der Waals surface area contributed by atoms with Crippen LogP contribution in [0.4, 0.5) is 0 Å². The zero-order valence-corrected chi connectivity index (χ0v) is 8.43. The number of hydrogen-bond donors (Lipinski definition) is 1. The molecule has 72 valence electrons. The van der Waals surface area contributed by atoms with E-state index in [2.05, 4.69) is 28.9 Å². The van der Waals surface area contributed by atoms with Gasteiger partial charge in [-0.1, -0.05) is 6.92 Å². The highest BCUT2D eigenvalue weighted by molar-refractivity contribution is 5.26. The van der Waals surface area contributed by atoms with Gasteiger partial charge in [-0.25, -0.2) is 0 Å². The van der Waals surface area contributed by atoms with Gasteiger partial charge in [0.2, 0.25) is 0 Å². The molecule has 1 aromatic heterocycles. The fourth-order valence-corrected chi connectivity index (χ4v) is 1.99. The first-order valence-electron chi connectivity index (χ1n) is 5.06. The monoisotopic (exact) mass is 179 g/mol.